The number of likely N-dealkylation sites (tertiary alicyclic amines) is 1. The van der Waals surface area contributed by atoms with Crippen LogP contribution in [-0.2, 0) is 13.0 Å². The van der Waals surface area contributed by atoms with Crippen molar-refractivity contribution in [3.05, 3.63) is 59.9 Å². The molecule has 1 unspecified atom stereocenters. The van der Waals surface area contributed by atoms with E-state index in [-0.39, 0.29) is 12.1 Å². The van der Waals surface area contributed by atoms with Crippen LogP contribution in [0, 0.1) is 5.92 Å². The number of carbonyl (C=O) groups excluding carboxylic acids is 1. The number of methoxy groups -OCH3 is 1. The van der Waals surface area contributed by atoms with E-state index < -0.39 is 0 Å². The SMILES string of the molecule is COc1ccc(CCNC(=O)N2CCCC2c2nc3ccccc3n2CC(C)C)cc1. The van der Waals surface area contributed by atoms with Gasteiger partial charge < -0.3 is 19.5 Å². The van der Waals surface area contributed by atoms with E-state index in [4.69, 9.17) is 9.72 Å². The summed E-state index contributed by atoms with van der Waals surface area (Å²) in [5.74, 6) is 2.36. The number of imidazole rings is 1. The highest BCUT2D eigenvalue weighted by Gasteiger charge is 2.33. The van der Waals surface area contributed by atoms with Crippen molar-refractivity contribution in [3.63, 3.8) is 0 Å². The predicted molar refractivity (Wildman–Crippen MR) is 123 cm³/mol. The second kappa shape index (κ2) is 9.41. The molecule has 4 rings (SSSR count). The molecule has 2 aromatic carbocycles. The van der Waals surface area contributed by atoms with Crippen molar-refractivity contribution in [3.8, 4) is 5.75 Å². The van der Waals surface area contributed by atoms with Crippen molar-refractivity contribution >= 4 is 17.1 Å². The lowest BCUT2D eigenvalue weighted by atomic mass is 10.1. The maximum absolute atomic E-state index is 13.0. The van der Waals surface area contributed by atoms with E-state index in [0.29, 0.717) is 12.5 Å². The molecule has 1 aliphatic heterocycles. The molecule has 2 amide bonds. The van der Waals surface area contributed by atoms with Crippen molar-refractivity contribution in [1.82, 2.24) is 19.8 Å². The summed E-state index contributed by atoms with van der Waals surface area (Å²) >= 11 is 0. The first-order valence-electron chi connectivity index (χ1n) is 11.2. The van der Waals surface area contributed by atoms with Gasteiger partial charge in [-0.15, -0.1) is 0 Å². The average molecular weight is 421 g/mol. The van der Waals surface area contributed by atoms with Crippen LogP contribution in [0.25, 0.3) is 11.0 Å². The Balaban J connectivity index is 1.46. The number of benzene rings is 2. The molecule has 0 aliphatic carbocycles. The van der Waals surface area contributed by atoms with Crippen molar-refractivity contribution < 1.29 is 9.53 Å². The fraction of sp³-hybridized carbons (Fsp3) is 0.440. The molecule has 2 heterocycles. The van der Waals surface area contributed by atoms with Crippen molar-refractivity contribution in [1.29, 1.82) is 0 Å². The first-order chi connectivity index (χ1) is 15.1. The van der Waals surface area contributed by atoms with Gasteiger partial charge in [-0.2, -0.15) is 0 Å². The number of urea groups is 1. The van der Waals surface area contributed by atoms with Gasteiger partial charge in [-0.05, 0) is 55.0 Å². The summed E-state index contributed by atoms with van der Waals surface area (Å²) in [7, 11) is 1.66. The van der Waals surface area contributed by atoms with E-state index in [1.54, 1.807) is 7.11 Å². The van der Waals surface area contributed by atoms with Gasteiger partial charge in [0.2, 0.25) is 0 Å². The Bertz CT molecular complexity index is 1030. The van der Waals surface area contributed by atoms with E-state index >= 15 is 0 Å². The second-order valence-electron chi connectivity index (χ2n) is 8.64. The maximum Gasteiger partial charge on any atom is 0.318 e. The van der Waals surface area contributed by atoms with Crippen LogP contribution in [0.2, 0.25) is 0 Å². The molecule has 0 spiro atoms. The molecule has 1 aromatic heterocycles. The van der Waals surface area contributed by atoms with Gasteiger partial charge in [0.1, 0.15) is 11.6 Å². The molecular formula is C25H32N4O2. The number of fused-ring (bicyclic) bond motifs is 1. The van der Waals surface area contributed by atoms with E-state index in [2.05, 4.69) is 41.9 Å². The number of hydrogen-bond donors (Lipinski definition) is 1. The number of nitrogens with zero attached hydrogens (tertiary/aromatic N) is 3. The standard InChI is InChI=1S/C25H32N4O2/c1-18(2)17-29-22-8-5-4-7-21(22)27-24(29)23-9-6-16-28(23)25(30)26-15-14-19-10-12-20(31-3)13-11-19/h4-5,7-8,10-13,18,23H,6,9,14-17H2,1-3H3,(H,26,30). The van der Waals surface area contributed by atoms with E-state index in [1.165, 1.54) is 5.56 Å². The van der Waals surface area contributed by atoms with Gasteiger partial charge in [0, 0.05) is 19.6 Å². The lowest BCUT2D eigenvalue weighted by Crippen LogP contribution is -2.41. The molecule has 0 saturated carbocycles. The molecule has 6 heteroatoms. The molecular weight excluding hydrogens is 388 g/mol. The fourth-order valence-corrected chi connectivity index (χ4v) is 4.39. The minimum atomic E-state index is -0.000773. The van der Waals surface area contributed by atoms with Gasteiger partial charge in [0.05, 0.1) is 24.2 Å². The molecule has 1 aliphatic rings. The summed E-state index contributed by atoms with van der Waals surface area (Å²) in [6, 6.07) is 16.3. The quantitative estimate of drug-likeness (QED) is 0.598. The van der Waals surface area contributed by atoms with Crippen LogP contribution < -0.4 is 10.1 Å². The molecule has 1 saturated heterocycles. The van der Waals surface area contributed by atoms with Crippen LogP contribution in [0.3, 0.4) is 0 Å². The Hall–Kier alpha value is -3.02. The van der Waals surface area contributed by atoms with Crippen LogP contribution in [-0.4, -0.2) is 40.7 Å². The summed E-state index contributed by atoms with van der Waals surface area (Å²) in [5, 5.41) is 3.11. The summed E-state index contributed by atoms with van der Waals surface area (Å²) < 4.78 is 7.52. The zero-order valence-corrected chi connectivity index (χ0v) is 18.7. The summed E-state index contributed by atoms with van der Waals surface area (Å²) in [5.41, 5.74) is 3.33. The van der Waals surface area contributed by atoms with E-state index in [0.717, 1.165) is 55.0 Å². The van der Waals surface area contributed by atoms with Gasteiger partial charge in [0.15, 0.2) is 0 Å². The molecule has 1 fully saturated rings. The Morgan fingerprint density at radius 3 is 2.71 bits per heavy atom. The predicted octanol–water partition coefficient (Wildman–Crippen LogP) is 4.79. The molecule has 1 atom stereocenters. The van der Waals surface area contributed by atoms with Gasteiger partial charge in [0.25, 0.3) is 0 Å². The third-order valence-electron chi connectivity index (χ3n) is 5.89. The second-order valence-corrected chi connectivity index (χ2v) is 8.64. The minimum Gasteiger partial charge on any atom is -0.497 e. The lowest BCUT2D eigenvalue weighted by molar-refractivity contribution is 0.190. The van der Waals surface area contributed by atoms with Crippen LogP contribution >= 0.6 is 0 Å². The van der Waals surface area contributed by atoms with Crippen LogP contribution in [0.4, 0.5) is 4.79 Å². The number of rotatable bonds is 7. The number of amides is 2. The summed E-state index contributed by atoms with van der Waals surface area (Å²) in [6.07, 6.45) is 2.74. The smallest absolute Gasteiger partial charge is 0.318 e. The summed E-state index contributed by atoms with van der Waals surface area (Å²) in [4.78, 5) is 19.9. The number of carbonyl (C=O) groups is 1. The topological polar surface area (TPSA) is 59.4 Å². The van der Waals surface area contributed by atoms with Crippen molar-refractivity contribution in [2.75, 3.05) is 20.2 Å². The van der Waals surface area contributed by atoms with E-state index in [1.807, 2.05) is 35.2 Å². The third-order valence-corrected chi connectivity index (χ3v) is 5.89. The molecule has 6 nitrogen and oxygen atoms in total. The monoisotopic (exact) mass is 420 g/mol. The largest absolute Gasteiger partial charge is 0.497 e. The Morgan fingerprint density at radius 1 is 1.19 bits per heavy atom. The number of nitrogens with one attached hydrogen (secondary N) is 1. The van der Waals surface area contributed by atoms with Crippen LogP contribution in [0.5, 0.6) is 5.75 Å². The highest BCUT2D eigenvalue weighted by Crippen LogP contribution is 2.33. The van der Waals surface area contributed by atoms with Gasteiger partial charge in [-0.3, -0.25) is 0 Å². The molecule has 3 aromatic rings. The molecule has 31 heavy (non-hydrogen) atoms. The lowest BCUT2D eigenvalue weighted by Gasteiger charge is -2.26. The zero-order chi connectivity index (χ0) is 21.8. The highest BCUT2D eigenvalue weighted by atomic mass is 16.5. The average Bonchev–Trinajstić information content (AvgIpc) is 3.39. The number of aromatic nitrogens is 2. The first kappa shape index (κ1) is 21.2. The van der Waals surface area contributed by atoms with Gasteiger partial charge in [-0.25, -0.2) is 9.78 Å². The Kier molecular flexibility index (Phi) is 6.44. The third kappa shape index (κ3) is 4.68. The van der Waals surface area contributed by atoms with Crippen molar-refractivity contribution in [2.45, 2.75) is 45.7 Å². The Labute approximate surface area is 184 Å². The van der Waals surface area contributed by atoms with Crippen LogP contribution in [0.15, 0.2) is 48.5 Å². The fourth-order valence-electron chi connectivity index (χ4n) is 4.39. The van der Waals surface area contributed by atoms with Gasteiger partial charge >= 0.3 is 6.03 Å². The van der Waals surface area contributed by atoms with Crippen LogP contribution in [0.1, 0.15) is 44.1 Å². The summed E-state index contributed by atoms with van der Waals surface area (Å²) in [6.45, 7) is 6.72. The molecule has 164 valence electrons. The number of hydrogen-bond acceptors (Lipinski definition) is 3. The molecule has 1 N–H and O–H groups in total. The normalized spacial score (nSPS) is 16.3. The van der Waals surface area contributed by atoms with Gasteiger partial charge in [-0.1, -0.05) is 38.1 Å². The minimum absolute atomic E-state index is 0.000773. The first-order valence-corrected chi connectivity index (χ1v) is 11.2. The number of ether oxygens (including phenoxy) is 1. The highest BCUT2D eigenvalue weighted by molar-refractivity contribution is 5.77. The Morgan fingerprint density at radius 2 is 1.97 bits per heavy atom. The molecule has 0 radical (unpaired) electrons. The maximum atomic E-state index is 13.0. The molecule has 0 bridgehead atoms. The zero-order valence-electron chi connectivity index (χ0n) is 18.7. The van der Waals surface area contributed by atoms with E-state index in [9.17, 15) is 4.79 Å². The van der Waals surface area contributed by atoms with Crippen molar-refractivity contribution in [2.24, 2.45) is 5.92 Å². The number of para-hydroxylation sites is 2.